The molecule has 3 unspecified atom stereocenters. The molecule has 1 saturated carbocycles. The van der Waals surface area contributed by atoms with E-state index in [9.17, 15) is 0 Å². The average molecular weight is 283 g/mol. The Morgan fingerprint density at radius 2 is 2.16 bits per heavy atom. The van der Waals surface area contributed by atoms with Crippen molar-refractivity contribution in [1.29, 1.82) is 0 Å². The molecular weight excluding hydrogens is 258 g/mol. The highest BCUT2D eigenvalue weighted by molar-refractivity contribution is 7.99. The van der Waals surface area contributed by atoms with Crippen LogP contribution in [0.2, 0.25) is 0 Å². The topological polar surface area (TPSA) is 51.0 Å². The molecule has 1 aliphatic carbocycles. The normalized spacial score (nSPS) is 27.6. The van der Waals surface area contributed by atoms with Gasteiger partial charge in [-0.3, -0.25) is 0 Å². The molecule has 0 spiro atoms. The number of nitrogens with zero attached hydrogens (tertiary/aromatic N) is 2. The van der Waals surface area contributed by atoms with E-state index in [1.807, 2.05) is 6.92 Å². The van der Waals surface area contributed by atoms with Gasteiger partial charge in [0.25, 0.3) is 5.22 Å². The van der Waals surface area contributed by atoms with E-state index in [0.29, 0.717) is 17.2 Å². The molecule has 2 rings (SSSR count). The highest BCUT2D eigenvalue weighted by Gasteiger charge is 2.31. The van der Waals surface area contributed by atoms with E-state index in [0.717, 1.165) is 17.7 Å². The molecule has 1 aliphatic rings. The maximum atomic E-state index is 5.52. The summed E-state index contributed by atoms with van der Waals surface area (Å²) in [4.78, 5) is 0. The summed E-state index contributed by atoms with van der Waals surface area (Å²) in [6.45, 7) is 7.33. The molecule has 1 aromatic rings. The van der Waals surface area contributed by atoms with E-state index in [4.69, 9.17) is 4.42 Å². The lowest BCUT2D eigenvalue weighted by molar-refractivity contribution is 0.288. The molecule has 0 radical (unpaired) electrons. The Kier molecular flexibility index (Phi) is 5.70. The minimum absolute atomic E-state index is 0.560. The predicted molar refractivity (Wildman–Crippen MR) is 78.4 cm³/mol. The SMILES string of the molecule is CCCC1CCC(NCC)C(Sc2nnc(C)o2)C1. The lowest BCUT2D eigenvalue weighted by Gasteiger charge is -2.35. The summed E-state index contributed by atoms with van der Waals surface area (Å²) in [6, 6.07) is 0.579. The lowest BCUT2D eigenvalue weighted by Crippen LogP contribution is -2.42. The zero-order chi connectivity index (χ0) is 13.7. The Balaban J connectivity index is 1.98. The Hall–Kier alpha value is -0.550. The van der Waals surface area contributed by atoms with E-state index in [1.165, 1.54) is 32.1 Å². The lowest BCUT2D eigenvalue weighted by atomic mass is 9.83. The summed E-state index contributed by atoms with van der Waals surface area (Å²) in [5, 5.41) is 12.9. The van der Waals surface area contributed by atoms with Gasteiger partial charge in [-0.05, 0) is 31.7 Å². The van der Waals surface area contributed by atoms with Crippen LogP contribution in [0.25, 0.3) is 0 Å². The fourth-order valence-electron chi connectivity index (χ4n) is 2.96. The van der Waals surface area contributed by atoms with Crippen LogP contribution < -0.4 is 5.32 Å². The summed E-state index contributed by atoms with van der Waals surface area (Å²) >= 11 is 1.76. The standard InChI is InChI=1S/C14H25N3OS/c1-4-6-11-7-8-12(15-5-2)13(9-11)19-14-17-16-10(3)18-14/h11-13,15H,4-9H2,1-3H3. The van der Waals surface area contributed by atoms with Gasteiger partial charge in [-0.1, -0.05) is 38.5 Å². The van der Waals surface area contributed by atoms with Gasteiger partial charge in [-0.15, -0.1) is 10.2 Å². The van der Waals surface area contributed by atoms with Gasteiger partial charge in [0, 0.05) is 18.2 Å². The van der Waals surface area contributed by atoms with Crippen LogP contribution in [0.15, 0.2) is 9.64 Å². The molecular formula is C14H25N3OS. The maximum Gasteiger partial charge on any atom is 0.276 e. The fourth-order valence-corrected chi connectivity index (χ4v) is 4.24. The number of hydrogen-bond acceptors (Lipinski definition) is 5. The number of nitrogens with one attached hydrogen (secondary N) is 1. The van der Waals surface area contributed by atoms with Crippen LogP contribution in [0.4, 0.5) is 0 Å². The molecule has 0 aromatic carbocycles. The number of aromatic nitrogens is 2. The van der Waals surface area contributed by atoms with Crippen LogP contribution in [0, 0.1) is 12.8 Å². The fraction of sp³-hybridized carbons (Fsp3) is 0.857. The van der Waals surface area contributed by atoms with Crippen LogP contribution in [0.3, 0.4) is 0 Å². The van der Waals surface area contributed by atoms with Gasteiger partial charge in [0.1, 0.15) is 0 Å². The zero-order valence-electron chi connectivity index (χ0n) is 12.2. The van der Waals surface area contributed by atoms with E-state index in [1.54, 1.807) is 11.8 Å². The summed E-state index contributed by atoms with van der Waals surface area (Å²) in [5.74, 6) is 1.52. The van der Waals surface area contributed by atoms with Crippen LogP contribution >= 0.6 is 11.8 Å². The average Bonchev–Trinajstić information content (AvgIpc) is 2.79. The third kappa shape index (κ3) is 4.21. The van der Waals surface area contributed by atoms with Gasteiger partial charge < -0.3 is 9.73 Å². The molecule has 0 amide bonds. The number of rotatable bonds is 6. The van der Waals surface area contributed by atoms with Crippen molar-refractivity contribution in [3.63, 3.8) is 0 Å². The van der Waals surface area contributed by atoms with Crippen molar-refractivity contribution < 1.29 is 4.42 Å². The van der Waals surface area contributed by atoms with Crippen molar-refractivity contribution in [3.8, 4) is 0 Å². The minimum atomic E-state index is 0.560. The molecule has 0 bridgehead atoms. The van der Waals surface area contributed by atoms with Gasteiger partial charge in [0.15, 0.2) is 0 Å². The Morgan fingerprint density at radius 3 is 2.79 bits per heavy atom. The van der Waals surface area contributed by atoms with Crippen molar-refractivity contribution >= 4 is 11.8 Å². The molecule has 108 valence electrons. The third-order valence-electron chi connectivity index (χ3n) is 3.82. The van der Waals surface area contributed by atoms with Crippen LogP contribution in [0.1, 0.15) is 51.8 Å². The first kappa shape index (κ1) is 14.9. The molecule has 1 aromatic heterocycles. The summed E-state index contributed by atoms with van der Waals surface area (Å²) in [5.41, 5.74) is 0. The first-order chi connectivity index (χ1) is 9.22. The van der Waals surface area contributed by atoms with Crippen molar-refractivity contribution in [3.05, 3.63) is 5.89 Å². The zero-order valence-corrected chi connectivity index (χ0v) is 13.0. The maximum absolute atomic E-state index is 5.52. The van der Waals surface area contributed by atoms with Crippen molar-refractivity contribution in [1.82, 2.24) is 15.5 Å². The van der Waals surface area contributed by atoms with Gasteiger partial charge in [0.05, 0.1) is 0 Å². The van der Waals surface area contributed by atoms with E-state index in [-0.39, 0.29) is 0 Å². The molecule has 5 heteroatoms. The summed E-state index contributed by atoms with van der Waals surface area (Å²) < 4.78 is 5.52. The molecule has 4 nitrogen and oxygen atoms in total. The second-order valence-electron chi connectivity index (χ2n) is 5.38. The first-order valence-electron chi connectivity index (χ1n) is 7.43. The molecule has 3 atom stereocenters. The Bertz CT molecular complexity index is 383. The van der Waals surface area contributed by atoms with Crippen molar-refractivity contribution in [2.45, 2.75) is 69.4 Å². The smallest absolute Gasteiger partial charge is 0.276 e. The largest absolute Gasteiger partial charge is 0.416 e. The Morgan fingerprint density at radius 1 is 1.32 bits per heavy atom. The monoisotopic (exact) mass is 283 g/mol. The van der Waals surface area contributed by atoms with E-state index >= 15 is 0 Å². The highest BCUT2D eigenvalue weighted by atomic mass is 32.2. The second-order valence-corrected chi connectivity index (χ2v) is 6.57. The van der Waals surface area contributed by atoms with Crippen LogP contribution in [-0.4, -0.2) is 28.0 Å². The van der Waals surface area contributed by atoms with Gasteiger partial charge in [-0.2, -0.15) is 0 Å². The third-order valence-corrected chi connectivity index (χ3v) is 5.01. The van der Waals surface area contributed by atoms with Crippen LogP contribution in [0.5, 0.6) is 0 Å². The first-order valence-corrected chi connectivity index (χ1v) is 8.31. The summed E-state index contributed by atoms with van der Waals surface area (Å²) in [6.07, 6.45) is 6.51. The quantitative estimate of drug-likeness (QED) is 0.867. The van der Waals surface area contributed by atoms with Crippen molar-refractivity contribution in [2.24, 2.45) is 5.92 Å². The van der Waals surface area contributed by atoms with Gasteiger partial charge in [0.2, 0.25) is 5.89 Å². The number of aryl methyl sites for hydroxylation is 1. The van der Waals surface area contributed by atoms with Crippen molar-refractivity contribution in [2.75, 3.05) is 6.54 Å². The van der Waals surface area contributed by atoms with Crippen LogP contribution in [-0.2, 0) is 0 Å². The van der Waals surface area contributed by atoms with Gasteiger partial charge >= 0.3 is 0 Å². The Labute approximate surface area is 120 Å². The molecule has 19 heavy (non-hydrogen) atoms. The van der Waals surface area contributed by atoms with E-state index < -0.39 is 0 Å². The van der Waals surface area contributed by atoms with E-state index in [2.05, 4.69) is 29.4 Å². The summed E-state index contributed by atoms with van der Waals surface area (Å²) in [7, 11) is 0. The molecule has 1 N–H and O–H groups in total. The number of thioether (sulfide) groups is 1. The predicted octanol–water partition coefficient (Wildman–Crippen LogP) is 3.42. The number of hydrogen-bond donors (Lipinski definition) is 1. The molecule has 0 aliphatic heterocycles. The molecule has 0 saturated heterocycles. The van der Waals surface area contributed by atoms with Gasteiger partial charge in [-0.25, -0.2) is 0 Å². The molecule has 1 fully saturated rings. The minimum Gasteiger partial charge on any atom is -0.416 e. The molecule has 1 heterocycles. The highest BCUT2D eigenvalue weighted by Crippen LogP contribution is 2.37. The second kappa shape index (κ2) is 7.29.